The molecule has 1 aromatic carbocycles. The maximum atomic E-state index is 9.90. The van der Waals surface area contributed by atoms with Gasteiger partial charge in [-0.2, -0.15) is 0 Å². The number of aliphatic hydroxyl groups is 1. The summed E-state index contributed by atoms with van der Waals surface area (Å²) in [6.45, 7) is 0.709. The maximum absolute atomic E-state index is 9.90. The molecular formula is C13H16Cl2O2. The van der Waals surface area contributed by atoms with Crippen LogP contribution in [0.2, 0.25) is 5.02 Å². The Kier molecular flexibility index (Phi) is 4.55. The van der Waals surface area contributed by atoms with Crippen LogP contribution < -0.4 is 4.74 Å². The Morgan fingerprint density at radius 2 is 2.24 bits per heavy atom. The molecule has 1 aromatic rings. The third-order valence-corrected chi connectivity index (χ3v) is 3.44. The number of aliphatic hydroxyl groups excluding tert-OH is 1. The van der Waals surface area contributed by atoms with Crippen LogP contribution in [0.5, 0.6) is 5.75 Å². The van der Waals surface area contributed by atoms with Gasteiger partial charge >= 0.3 is 0 Å². The van der Waals surface area contributed by atoms with Crippen molar-refractivity contribution in [2.45, 2.75) is 31.8 Å². The van der Waals surface area contributed by atoms with Crippen LogP contribution in [0.15, 0.2) is 12.1 Å². The lowest BCUT2D eigenvalue weighted by Gasteiger charge is -2.13. The summed E-state index contributed by atoms with van der Waals surface area (Å²) < 4.78 is 5.59. The summed E-state index contributed by atoms with van der Waals surface area (Å²) in [6.07, 6.45) is 2.65. The average Bonchev–Trinajstić information content (AvgIpc) is 2.74. The molecule has 0 aliphatic carbocycles. The van der Waals surface area contributed by atoms with E-state index >= 15 is 0 Å². The topological polar surface area (TPSA) is 29.5 Å². The fourth-order valence-electron chi connectivity index (χ4n) is 2.17. The SMILES string of the molecule is OC(CCCCl)Cc1cc(Cl)cc2c1OCC2. The maximum Gasteiger partial charge on any atom is 0.126 e. The van der Waals surface area contributed by atoms with E-state index in [0.717, 1.165) is 29.7 Å². The van der Waals surface area contributed by atoms with Crippen molar-refractivity contribution in [3.05, 3.63) is 28.3 Å². The summed E-state index contributed by atoms with van der Waals surface area (Å²) in [4.78, 5) is 0. The molecule has 1 aliphatic heterocycles. The van der Waals surface area contributed by atoms with Gasteiger partial charge in [0.2, 0.25) is 0 Å². The van der Waals surface area contributed by atoms with Crippen LogP contribution >= 0.6 is 23.2 Å². The van der Waals surface area contributed by atoms with Crippen molar-refractivity contribution in [3.8, 4) is 5.75 Å². The minimum absolute atomic E-state index is 0.375. The van der Waals surface area contributed by atoms with Gasteiger partial charge in [-0.15, -0.1) is 11.6 Å². The Balaban J connectivity index is 2.10. The zero-order valence-corrected chi connectivity index (χ0v) is 11.1. The highest BCUT2D eigenvalue weighted by Crippen LogP contribution is 2.33. The minimum Gasteiger partial charge on any atom is -0.493 e. The van der Waals surface area contributed by atoms with E-state index in [0.29, 0.717) is 30.4 Å². The van der Waals surface area contributed by atoms with Gasteiger partial charge in [0.15, 0.2) is 0 Å². The smallest absolute Gasteiger partial charge is 0.126 e. The zero-order chi connectivity index (χ0) is 12.3. The Morgan fingerprint density at radius 3 is 3.00 bits per heavy atom. The molecule has 0 saturated carbocycles. The highest BCUT2D eigenvalue weighted by atomic mass is 35.5. The van der Waals surface area contributed by atoms with Crippen LogP contribution in [0.3, 0.4) is 0 Å². The van der Waals surface area contributed by atoms with Crippen molar-refractivity contribution in [3.63, 3.8) is 0 Å². The summed E-state index contributed by atoms with van der Waals surface area (Å²) >= 11 is 11.7. The molecule has 0 saturated heterocycles. The van der Waals surface area contributed by atoms with Crippen molar-refractivity contribution in [1.82, 2.24) is 0 Å². The Bertz CT molecular complexity index is 393. The molecule has 1 aliphatic rings. The molecule has 0 aromatic heterocycles. The lowest BCUT2D eigenvalue weighted by atomic mass is 10.0. The van der Waals surface area contributed by atoms with E-state index in [1.54, 1.807) is 0 Å². The van der Waals surface area contributed by atoms with Crippen LogP contribution in [-0.4, -0.2) is 23.7 Å². The van der Waals surface area contributed by atoms with Gasteiger partial charge in [0, 0.05) is 23.7 Å². The van der Waals surface area contributed by atoms with Gasteiger partial charge in [-0.05, 0) is 36.1 Å². The third-order valence-electron chi connectivity index (χ3n) is 2.95. The highest BCUT2D eigenvalue weighted by Gasteiger charge is 2.19. The molecule has 2 nitrogen and oxygen atoms in total. The molecule has 1 atom stereocenters. The molecule has 1 N–H and O–H groups in total. The summed E-state index contributed by atoms with van der Waals surface area (Å²) in [7, 11) is 0. The van der Waals surface area contributed by atoms with E-state index in [1.165, 1.54) is 0 Å². The number of rotatable bonds is 5. The molecular weight excluding hydrogens is 259 g/mol. The summed E-state index contributed by atoms with van der Waals surface area (Å²) in [5, 5.41) is 10.6. The van der Waals surface area contributed by atoms with Crippen molar-refractivity contribution in [2.75, 3.05) is 12.5 Å². The first kappa shape index (κ1) is 13.0. The number of benzene rings is 1. The number of hydrogen-bond donors (Lipinski definition) is 1. The number of hydrogen-bond acceptors (Lipinski definition) is 2. The van der Waals surface area contributed by atoms with Crippen molar-refractivity contribution < 1.29 is 9.84 Å². The molecule has 1 unspecified atom stereocenters. The van der Waals surface area contributed by atoms with Crippen LogP contribution in [0.4, 0.5) is 0 Å². The van der Waals surface area contributed by atoms with E-state index < -0.39 is 0 Å². The van der Waals surface area contributed by atoms with Crippen LogP contribution in [-0.2, 0) is 12.8 Å². The van der Waals surface area contributed by atoms with Crippen molar-refractivity contribution in [2.24, 2.45) is 0 Å². The van der Waals surface area contributed by atoms with Gasteiger partial charge in [-0.3, -0.25) is 0 Å². The minimum atomic E-state index is -0.375. The molecule has 0 amide bonds. The lowest BCUT2D eigenvalue weighted by Crippen LogP contribution is -2.11. The molecule has 94 valence electrons. The number of halogens is 2. The second-order valence-electron chi connectivity index (χ2n) is 4.34. The molecule has 17 heavy (non-hydrogen) atoms. The molecule has 0 fully saturated rings. The van der Waals surface area contributed by atoms with Crippen LogP contribution in [0.25, 0.3) is 0 Å². The second-order valence-corrected chi connectivity index (χ2v) is 5.16. The molecule has 0 radical (unpaired) electrons. The molecule has 1 heterocycles. The first-order chi connectivity index (χ1) is 8.20. The number of alkyl halides is 1. The van der Waals surface area contributed by atoms with Crippen LogP contribution in [0, 0.1) is 0 Å². The zero-order valence-electron chi connectivity index (χ0n) is 9.59. The van der Waals surface area contributed by atoms with E-state index in [2.05, 4.69) is 0 Å². The Labute approximate surface area is 111 Å². The van der Waals surface area contributed by atoms with Gasteiger partial charge in [0.25, 0.3) is 0 Å². The van der Waals surface area contributed by atoms with Gasteiger partial charge < -0.3 is 9.84 Å². The third kappa shape index (κ3) is 3.27. The normalized spacial score (nSPS) is 15.5. The monoisotopic (exact) mass is 274 g/mol. The molecule has 0 spiro atoms. The summed E-state index contributed by atoms with van der Waals surface area (Å²) in [5.74, 6) is 1.50. The largest absolute Gasteiger partial charge is 0.493 e. The van der Waals surface area contributed by atoms with Crippen LogP contribution in [0.1, 0.15) is 24.0 Å². The molecule has 2 rings (SSSR count). The van der Waals surface area contributed by atoms with Crippen molar-refractivity contribution >= 4 is 23.2 Å². The first-order valence-corrected chi connectivity index (χ1v) is 6.80. The quantitative estimate of drug-likeness (QED) is 0.836. The average molecular weight is 275 g/mol. The highest BCUT2D eigenvalue weighted by molar-refractivity contribution is 6.30. The molecule has 4 heteroatoms. The van der Waals surface area contributed by atoms with E-state index in [9.17, 15) is 5.11 Å². The predicted octanol–water partition coefficient (Wildman–Crippen LogP) is 3.20. The lowest BCUT2D eigenvalue weighted by molar-refractivity contribution is 0.163. The van der Waals surface area contributed by atoms with Crippen molar-refractivity contribution in [1.29, 1.82) is 0 Å². The fourth-order valence-corrected chi connectivity index (χ4v) is 2.58. The predicted molar refractivity (Wildman–Crippen MR) is 70.3 cm³/mol. The standard InChI is InChI=1S/C13H16Cl2O2/c14-4-1-2-12(16)8-10-7-11(15)6-9-3-5-17-13(9)10/h6-7,12,16H,1-5,8H2. The second kappa shape index (κ2) is 5.94. The Morgan fingerprint density at radius 1 is 1.41 bits per heavy atom. The summed E-state index contributed by atoms with van der Waals surface area (Å²) in [5.41, 5.74) is 2.16. The van der Waals surface area contributed by atoms with Gasteiger partial charge in [0.05, 0.1) is 12.7 Å². The fraction of sp³-hybridized carbons (Fsp3) is 0.538. The van der Waals surface area contributed by atoms with E-state index in [-0.39, 0.29) is 6.10 Å². The number of fused-ring (bicyclic) bond motifs is 1. The van der Waals surface area contributed by atoms with Gasteiger partial charge in [0.1, 0.15) is 5.75 Å². The van der Waals surface area contributed by atoms with E-state index in [4.69, 9.17) is 27.9 Å². The molecule has 0 bridgehead atoms. The summed E-state index contributed by atoms with van der Waals surface area (Å²) in [6, 6.07) is 3.83. The van der Waals surface area contributed by atoms with E-state index in [1.807, 2.05) is 12.1 Å². The van der Waals surface area contributed by atoms with Gasteiger partial charge in [-0.25, -0.2) is 0 Å². The Hall–Kier alpha value is -0.440. The van der Waals surface area contributed by atoms with Gasteiger partial charge in [-0.1, -0.05) is 11.6 Å². The first-order valence-electron chi connectivity index (χ1n) is 5.89. The number of ether oxygens (including phenoxy) is 1.